The fourth-order valence-corrected chi connectivity index (χ4v) is 5.83. The SMILES string of the molecule is CCC/C=C/CC[C@]1(C#N)CC[C@@H](C2CCC(CCCCCCC)CC2)CC1. The van der Waals surface area contributed by atoms with Crippen molar-refractivity contribution in [1.82, 2.24) is 0 Å². The Morgan fingerprint density at radius 3 is 2.07 bits per heavy atom. The minimum absolute atomic E-state index is 0.0112. The Morgan fingerprint density at radius 2 is 1.43 bits per heavy atom. The molecule has 0 aliphatic heterocycles. The lowest BCUT2D eigenvalue weighted by Gasteiger charge is -2.40. The van der Waals surface area contributed by atoms with Gasteiger partial charge in [0, 0.05) is 0 Å². The van der Waals surface area contributed by atoms with E-state index in [1.807, 2.05) is 0 Å². The molecule has 0 N–H and O–H groups in total. The number of hydrogen-bond acceptors (Lipinski definition) is 1. The summed E-state index contributed by atoms with van der Waals surface area (Å²) in [6.45, 7) is 4.53. The molecule has 0 amide bonds. The molecule has 2 aliphatic rings. The Bertz CT molecular complexity index is 455. The van der Waals surface area contributed by atoms with Gasteiger partial charge >= 0.3 is 0 Å². The van der Waals surface area contributed by atoms with Gasteiger partial charge in [-0.15, -0.1) is 0 Å². The lowest BCUT2D eigenvalue weighted by molar-refractivity contribution is 0.116. The van der Waals surface area contributed by atoms with Crippen LogP contribution in [0.25, 0.3) is 0 Å². The highest BCUT2D eigenvalue weighted by molar-refractivity contribution is 5.03. The predicted octanol–water partition coefficient (Wildman–Crippen LogP) is 8.99. The maximum absolute atomic E-state index is 9.84. The zero-order valence-electron chi connectivity index (χ0n) is 19.1. The van der Waals surface area contributed by atoms with Gasteiger partial charge in [-0.3, -0.25) is 0 Å². The third-order valence-electron chi connectivity index (χ3n) is 7.91. The zero-order valence-corrected chi connectivity index (χ0v) is 19.1. The molecule has 28 heavy (non-hydrogen) atoms. The van der Waals surface area contributed by atoms with Crippen molar-refractivity contribution >= 4 is 0 Å². The second kappa shape index (κ2) is 13.5. The van der Waals surface area contributed by atoms with Crippen LogP contribution in [0, 0.1) is 34.5 Å². The maximum atomic E-state index is 9.84. The second-order valence-electron chi connectivity index (χ2n) is 10.0. The molecular formula is C27H47N. The van der Waals surface area contributed by atoms with Gasteiger partial charge in [-0.25, -0.2) is 0 Å². The molecule has 2 saturated carbocycles. The fourth-order valence-electron chi connectivity index (χ4n) is 5.83. The van der Waals surface area contributed by atoms with Crippen molar-refractivity contribution in [3.63, 3.8) is 0 Å². The van der Waals surface area contributed by atoms with E-state index in [1.54, 1.807) is 0 Å². The number of hydrogen-bond donors (Lipinski definition) is 0. The van der Waals surface area contributed by atoms with Crippen molar-refractivity contribution in [2.75, 3.05) is 0 Å². The van der Waals surface area contributed by atoms with Crippen LogP contribution in [-0.4, -0.2) is 0 Å². The summed E-state index contributed by atoms with van der Waals surface area (Å²) in [6, 6.07) is 2.74. The van der Waals surface area contributed by atoms with Gasteiger partial charge < -0.3 is 0 Å². The molecule has 0 aromatic rings. The molecule has 1 nitrogen and oxygen atoms in total. The molecule has 0 unspecified atom stereocenters. The minimum atomic E-state index is -0.0112. The minimum Gasteiger partial charge on any atom is -0.198 e. The van der Waals surface area contributed by atoms with E-state index >= 15 is 0 Å². The van der Waals surface area contributed by atoms with Gasteiger partial charge in [0.15, 0.2) is 0 Å². The van der Waals surface area contributed by atoms with Gasteiger partial charge in [0.25, 0.3) is 0 Å². The van der Waals surface area contributed by atoms with E-state index in [4.69, 9.17) is 0 Å². The molecule has 2 rings (SSSR count). The van der Waals surface area contributed by atoms with Crippen molar-refractivity contribution in [2.45, 2.75) is 129 Å². The summed E-state index contributed by atoms with van der Waals surface area (Å²) in [5.74, 6) is 2.91. The van der Waals surface area contributed by atoms with E-state index in [9.17, 15) is 5.26 Å². The van der Waals surface area contributed by atoms with E-state index in [-0.39, 0.29) is 5.41 Å². The van der Waals surface area contributed by atoms with Crippen LogP contribution in [0.2, 0.25) is 0 Å². The quantitative estimate of drug-likeness (QED) is 0.243. The highest BCUT2D eigenvalue weighted by Crippen LogP contribution is 2.47. The Hall–Kier alpha value is -0.770. The van der Waals surface area contributed by atoms with Crippen LogP contribution >= 0.6 is 0 Å². The second-order valence-corrected chi connectivity index (χ2v) is 10.0. The Balaban J connectivity index is 1.64. The monoisotopic (exact) mass is 385 g/mol. The van der Waals surface area contributed by atoms with Crippen LogP contribution in [0.4, 0.5) is 0 Å². The molecule has 160 valence electrons. The van der Waals surface area contributed by atoms with E-state index in [1.165, 1.54) is 89.9 Å². The third-order valence-corrected chi connectivity index (χ3v) is 7.91. The van der Waals surface area contributed by atoms with Gasteiger partial charge in [-0.1, -0.05) is 83.8 Å². The van der Waals surface area contributed by atoms with Crippen molar-refractivity contribution in [1.29, 1.82) is 5.26 Å². The summed E-state index contributed by atoms with van der Waals surface area (Å²) < 4.78 is 0. The van der Waals surface area contributed by atoms with Crippen molar-refractivity contribution in [3.8, 4) is 6.07 Å². The predicted molar refractivity (Wildman–Crippen MR) is 122 cm³/mol. The summed E-state index contributed by atoms with van der Waals surface area (Å²) in [5, 5.41) is 9.84. The smallest absolute Gasteiger partial charge is 0.0689 e. The molecule has 2 fully saturated rings. The molecular weight excluding hydrogens is 338 g/mol. The molecule has 0 bridgehead atoms. The summed E-state index contributed by atoms with van der Waals surface area (Å²) in [7, 11) is 0. The average molecular weight is 386 g/mol. The van der Waals surface area contributed by atoms with Crippen LogP contribution in [0.1, 0.15) is 129 Å². The molecule has 0 heterocycles. The first-order valence-corrected chi connectivity index (χ1v) is 12.8. The van der Waals surface area contributed by atoms with Gasteiger partial charge in [-0.2, -0.15) is 5.26 Å². The van der Waals surface area contributed by atoms with Crippen LogP contribution < -0.4 is 0 Å². The van der Waals surface area contributed by atoms with E-state index in [0.29, 0.717) is 0 Å². The molecule has 0 saturated heterocycles. The molecule has 0 spiro atoms. The number of unbranched alkanes of at least 4 members (excludes halogenated alkanes) is 5. The number of rotatable bonds is 12. The standard InChI is InChI=1S/C27H47N/c1-3-5-7-9-11-13-24-14-16-25(17-15-24)26-18-21-27(23-28,22-19-26)20-12-10-8-6-4-2/h8,10,24-26H,3-7,9,11-22H2,1-2H3/b10-8+/t24?,25?,26-,27+. The maximum Gasteiger partial charge on any atom is 0.0689 e. The Morgan fingerprint density at radius 1 is 0.786 bits per heavy atom. The van der Waals surface area contributed by atoms with E-state index < -0.39 is 0 Å². The highest BCUT2D eigenvalue weighted by Gasteiger charge is 2.38. The molecule has 2 aliphatic carbocycles. The first kappa shape index (κ1) is 23.5. The van der Waals surface area contributed by atoms with Gasteiger partial charge in [0.05, 0.1) is 11.5 Å². The Kier molecular flexibility index (Phi) is 11.3. The van der Waals surface area contributed by atoms with Gasteiger partial charge in [-0.05, 0) is 75.5 Å². The van der Waals surface area contributed by atoms with Crippen molar-refractivity contribution < 1.29 is 0 Å². The molecule has 0 atom stereocenters. The first-order valence-electron chi connectivity index (χ1n) is 12.8. The molecule has 0 aromatic heterocycles. The van der Waals surface area contributed by atoms with Gasteiger partial charge in [0.2, 0.25) is 0 Å². The van der Waals surface area contributed by atoms with Crippen molar-refractivity contribution in [2.24, 2.45) is 23.2 Å². The van der Waals surface area contributed by atoms with Gasteiger partial charge in [0.1, 0.15) is 0 Å². The number of nitriles is 1. The lowest BCUT2D eigenvalue weighted by Crippen LogP contribution is -2.31. The summed E-state index contributed by atoms with van der Waals surface area (Å²) in [5.41, 5.74) is -0.0112. The normalized spacial score (nSPS) is 31.1. The number of nitrogens with zero attached hydrogens (tertiary/aromatic N) is 1. The largest absolute Gasteiger partial charge is 0.198 e. The van der Waals surface area contributed by atoms with Crippen LogP contribution in [0.15, 0.2) is 12.2 Å². The topological polar surface area (TPSA) is 23.8 Å². The average Bonchev–Trinajstić information content (AvgIpc) is 2.74. The van der Waals surface area contributed by atoms with Crippen LogP contribution in [-0.2, 0) is 0 Å². The van der Waals surface area contributed by atoms with Crippen LogP contribution in [0.5, 0.6) is 0 Å². The zero-order chi connectivity index (χ0) is 20.1. The summed E-state index contributed by atoms with van der Waals surface area (Å²) in [6.07, 6.45) is 28.7. The third kappa shape index (κ3) is 7.93. The van der Waals surface area contributed by atoms with Crippen LogP contribution in [0.3, 0.4) is 0 Å². The molecule has 1 heteroatoms. The van der Waals surface area contributed by atoms with E-state index in [0.717, 1.165) is 43.4 Å². The number of allylic oxidation sites excluding steroid dienone is 2. The molecule has 0 aromatic carbocycles. The summed E-state index contributed by atoms with van der Waals surface area (Å²) >= 11 is 0. The summed E-state index contributed by atoms with van der Waals surface area (Å²) in [4.78, 5) is 0. The molecule has 0 radical (unpaired) electrons. The Labute approximate surface area is 176 Å². The van der Waals surface area contributed by atoms with E-state index in [2.05, 4.69) is 32.1 Å². The first-order chi connectivity index (χ1) is 13.7. The highest BCUT2D eigenvalue weighted by atomic mass is 14.4. The lowest BCUT2D eigenvalue weighted by atomic mass is 9.63. The van der Waals surface area contributed by atoms with Crippen molar-refractivity contribution in [3.05, 3.63) is 12.2 Å². The fraction of sp³-hybridized carbons (Fsp3) is 0.889.